The number of aryl methyl sites for hydroxylation is 1. The van der Waals surface area contributed by atoms with Gasteiger partial charge in [0.1, 0.15) is 0 Å². The first-order chi connectivity index (χ1) is 9.81. The Bertz CT molecular complexity index is 532. The molecule has 0 spiro atoms. The average Bonchev–Trinajstić information content (AvgIpc) is 2.50. The van der Waals surface area contributed by atoms with Crippen molar-refractivity contribution in [1.82, 2.24) is 0 Å². The van der Waals surface area contributed by atoms with Crippen LogP contribution in [0.2, 0.25) is 0 Å². The van der Waals surface area contributed by atoms with Gasteiger partial charge in [0.15, 0.2) is 0 Å². The van der Waals surface area contributed by atoms with Crippen LogP contribution in [0.25, 0.3) is 5.57 Å². The number of benzene rings is 2. The zero-order chi connectivity index (χ0) is 14.2. The topological polar surface area (TPSA) is 0 Å². The molecule has 0 radical (unpaired) electrons. The van der Waals surface area contributed by atoms with Gasteiger partial charge >= 0.3 is 0 Å². The molecule has 0 saturated carbocycles. The fourth-order valence-electron chi connectivity index (χ4n) is 2.39. The molecule has 0 N–H and O–H groups in total. The summed E-state index contributed by atoms with van der Waals surface area (Å²) in [6, 6.07) is 19.6. The largest absolute Gasteiger partial charge is 0.0761 e. The summed E-state index contributed by atoms with van der Waals surface area (Å²) in [4.78, 5) is 0. The van der Waals surface area contributed by atoms with Gasteiger partial charge in [-0.3, -0.25) is 0 Å². The predicted octanol–water partition coefficient (Wildman–Crippen LogP) is 6.01. The molecule has 2 rings (SSSR count). The van der Waals surface area contributed by atoms with Gasteiger partial charge < -0.3 is 0 Å². The molecule has 0 aliphatic heterocycles. The van der Waals surface area contributed by atoms with E-state index in [0.29, 0.717) is 0 Å². The summed E-state index contributed by atoms with van der Waals surface area (Å²) in [7, 11) is 0. The van der Waals surface area contributed by atoms with E-state index < -0.39 is 0 Å². The third-order valence-electron chi connectivity index (χ3n) is 3.60. The highest BCUT2D eigenvalue weighted by atomic mass is 14.1. The maximum absolute atomic E-state index is 2.40. The smallest absolute Gasteiger partial charge is 0.0151 e. The molecule has 0 heteroatoms. The van der Waals surface area contributed by atoms with Gasteiger partial charge in [0.05, 0.1) is 0 Å². The van der Waals surface area contributed by atoms with Crippen LogP contribution in [0.5, 0.6) is 0 Å². The molecule has 0 heterocycles. The molecule has 0 aliphatic carbocycles. The van der Waals surface area contributed by atoms with Gasteiger partial charge in [-0.05, 0) is 36.5 Å². The molecule has 0 amide bonds. The normalized spacial score (nSPS) is 11.6. The van der Waals surface area contributed by atoms with Crippen LogP contribution < -0.4 is 0 Å². The monoisotopic (exact) mass is 264 g/mol. The molecule has 0 aromatic heterocycles. The van der Waals surface area contributed by atoms with Crippen molar-refractivity contribution >= 4 is 5.57 Å². The first-order valence-electron chi connectivity index (χ1n) is 7.64. The highest BCUT2D eigenvalue weighted by Crippen LogP contribution is 2.24. The standard InChI is InChI=1S/C20H24/c1-3-4-5-9-12-20(18-10-7-6-8-11-18)19-15-13-17(2)14-16-19/h6-8,10-16H,3-5,9H2,1-2H3/b20-12-. The number of allylic oxidation sites excluding steroid dienone is 1. The van der Waals surface area contributed by atoms with Crippen LogP contribution in [-0.2, 0) is 0 Å². The van der Waals surface area contributed by atoms with Crippen molar-refractivity contribution in [3.05, 3.63) is 77.4 Å². The second-order valence-electron chi connectivity index (χ2n) is 5.35. The second-order valence-corrected chi connectivity index (χ2v) is 5.35. The summed E-state index contributed by atoms with van der Waals surface area (Å²) in [5, 5.41) is 0. The minimum atomic E-state index is 1.16. The highest BCUT2D eigenvalue weighted by Gasteiger charge is 2.04. The van der Waals surface area contributed by atoms with Crippen molar-refractivity contribution < 1.29 is 0 Å². The number of hydrogen-bond donors (Lipinski definition) is 0. The van der Waals surface area contributed by atoms with Gasteiger partial charge in [-0.1, -0.05) is 86.0 Å². The Morgan fingerprint density at radius 1 is 0.850 bits per heavy atom. The van der Waals surface area contributed by atoms with Gasteiger partial charge in [-0.2, -0.15) is 0 Å². The number of hydrogen-bond acceptors (Lipinski definition) is 0. The zero-order valence-electron chi connectivity index (χ0n) is 12.6. The van der Waals surface area contributed by atoms with Crippen LogP contribution in [-0.4, -0.2) is 0 Å². The lowest BCUT2D eigenvalue weighted by Crippen LogP contribution is -1.88. The Hall–Kier alpha value is -1.82. The lowest BCUT2D eigenvalue weighted by molar-refractivity contribution is 0.730. The van der Waals surface area contributed by atoms with E-state index in [0.717, 1.165) is 6.42 Å². The molecule has 0 unspecified atom stereocenters. The Balaban J connectivity index is 2.27. The van der Waals surface area contributed by atoms with E-state index >= 15 is 0 Å². The first kappa shape index (κ1) is 14.6. The predicted molar refractivity (Wildman–Crippen MR) is 88.8 cm³/mol. The van der Waals surface area contributed by atoms with Crippen molar-refractivity contribution in [2.45, 2.75) is 39.5 Å². The quantitative estimate of drug-likeness (QED) is 0.561. The van der Waals surface area contributed by atoms with Gasteiger partial charge in [0.25, 0.3) is 0 Å². The van der Waals surface area contributed by atoms with Gasteiger partial charge in [0.2, 0.25) is 0 Å². The molecule has 2 aromatic rings. The van der Waals surface area contributed by atoms with E-state index in [1.54, 1.807) is 0 Å². The summed E-state index contributed by atoms with van der Waals surface area (Å²) in [6.07, 6.45) is 7.42. The van der Waals surface area contributed by atoms with Crippen LogP contribution in [0.15, 0.2) is 60.7 Å². The maximum Gasteiger partial charge on any atom is -0.0151 e. The number of rotatable bonds is 6. The molecule has 0 fully saturated rings. The van der Waals surface area contributed by atoms with Crippen molar-refractivity contribution in [2.24, 2.45) is 0 Å². The minimum Gasteiger partial charge on any atom is -0.0761 e. The van der Waals surface area contributed by atoms with Crippen LogP contribution in [0.1, 0.15) is 49.3 Å². The maximum atomic E-state index is 2.40. The number of unbranched alkanes of at least 4 members (excludes halogenated alkanes) is 3. The van der Waals surface area contributed by atoms with Crippen LogP contribution >= 0.6 is 0 Å². The average molecular weight is 264 g/mol. The fraction of sp³-hybridized carbons (Fsp3) is 0.300. The lowest BCUT2D eigenvalue weighted by atomic mass is 9.95. The Kier molecular flexibility index (Phi) is 5.61. The van der Waals surface area contributed by atoms with Crippen LogP contribution in [0, 0.1) is 6.92 Å². The van der Waals surface area contributed by atoms with Crippen LogP contribution in [0.3, 0.4) is 0 Å². The molecule has 20 heavy (non-hydrogen) atoms. The van der Waals surface area contributed by atoms with Gasteiger partial charge in [-0.15, -0.1) is 0 Å². The fourth-order valence-corrected chi connectivity index (χ4v) is 2.39. The molecule has 2 aromatic carbocycles. The molecule has 0 atom stereocenters. The zero-order valence-corrected chi connectivity index (χ0v) is 12.6. The van der Waals surface area contributed by atoms with Crippen molar-refractivity contribution in [3.63, 3.8) is 0 Å². The van der Waals surface area contributed by atoms with E-state index in [9.17, 15) is 0 Å². The van der Waals surface area contributed by atoms with Crippen molar-refractivity contribution in [1.29, 1.82) is 0 Å². The summed E-state index contributed by atoms with van der Waals surface area (Å²) >= 11 is 0. The molecule has 0 aliphatic rings. The van der Waals surface area contributed by atoms with E-state index in [1.807, 2.05) is 0 Å². The Morgan fingerprint density at radius 3 is 2.15 bits per heavy atom. The van der Waals surface area contributed by atoms with E-state index in [1.165, 1.54) is 41.5 Å². The van der Waals surface area contributed by atoms with Crippen LogP contribution in [0.4, 0.5) is 0 Å². The molecule has 0 bridgehead atoms. The second kappa shape index (κ2) is 7.69. The van der Waals surface area contributed by atoms with Crippen molar-refractivity contribution in [3.8, 4) is 0 Å². The van der Waals surface area contributed by atoms with E-state index in [2.05, 4.69) is 74.5 Å². The molecule has 0 saturated heterocycles. The van der Waals surface area contributed by atoms with Crippen molar-refractivity contribution in [2.75, 3.05) is 0 Å². The molecule has 0 nitrogen and oxygen atoms in total. The Labute approximate surface area is 123 Å². The van der Waals surface area contributed by atoms with E-state index in [4.69, 9.17) is 0 Å². The highest BCUT2D eigenvalue weighted by molar-refractivity contribution is 5.79. The first-order valence-corrected chi connectivity index (χ1v) is 7.64. The van der Waals surface area contributed by atoms with Gasteiger partial charge in [0, 0.05) is 0 Å². The summed E-state index contributed by atoms with van der Waals surface area (Å²) in [6.45, 7) is 4.39. The third kappa shape index (κ3) is 4.09. The minimum absolute atomic E-state index is 1.16. The summed E-state index contributed by atoms with van der Waals surface area (Å²) in [5.41, 5.74) is 5.31. The SMILES string of the molecule is CCCCC/C=C(/c1ccccc1)c1ccc(C)cc1. The molecular weight excluding hydrogens is 240 g/mol. The van der Waals surface area contributed by atoms with E-state index in [-0.39, 0.29) is 0 Å². The lowest BCUT2D eigenvalue weighted by Gasteiger charge is -2.09. The third-order valence-corrected chi connectivity index (χ3v) is 3.60. The molecular formula is C20H24. The molecule has 104 valence electrons. The van der Waals surface area contributed by atoms with Gasteiger partial charge in [-0.25, -0.2) is 0 Å². The summed E-state index contributed by atoms with van der Waals surface area (Å²) < 4.78 is 0. The summed E-state index contributed by atoms with van der Waals surface area (Å²) in [5.74, 6) is 0. The Morgan fingerprint density at radius 2 is 1.50 bits per heavy atom.